The molecule has 4 heteroatoms. The zero-order chi connectivity index (χ0) is 14.6. The highest BCUT2D eigenvalue weighted by molar-refractivity contribution is 6.31. The quantitative estimate of drug-likeness (QED) is 0.862. The zero-order valence-corrected chi connectivity index (χ0v) is 12.7. The van der Waals surface area contributed by atoms with Crippen LogP contribution >= 0.6 is 11.6 Å². The summed E-state index contributed by atoms with van der Waals surface area (Å²) in [5.41, 5.74) is 1.94. The van der Waals surface area contributed by atoms with Crippen LogP contribution in [0.1, 0.15) is 61.3 Å². The number of hydrogen-bond donors (Lipinski definition) is 1. The number of fused-ring (bicyclic) bond motifs is 4. The van der Waals surface area contributed by atoms with Gasteiger partial charge in [0.2, 0.25) is 0 Å². The molecule has 2 bridgehead atoms. The van der Waals surface area contributed by atoms with E-state index in [9.17, 15) is 9.50 Å². The molecule has 3 aliphatic carbocycles. The van der Waals surface area contributed by atoms with Crippen molar-refractivity contribution in [2.24, 2.45) is 16.3 Å². The topological polar surface area (TPSA) is 32.6 Å². The van der Waals surface area contributed by atoms with Crippen LogP contribution in [0.3, 0.4) is 0 Å². The number of nitrogens with zero attached hydrogens (tertiary/aromatic N) is 1. The molecule has 1 unspecified atom stereocenters. The van der Waals surface area contributed by atoms with Crippen molar-refractivity contribution in [2.75, 3.05) is 0 Å². The number of aliphatic hydroxyl groups is 1. The van der Waals surface area contributed by atoms with Crippen molar-refractivity contribution in [2.45, 2.75) is 51.2 Å². The average molecular weight is 308 g/mol. The van der Waals surface area contributed by atoms with Crippen molar-refractivity contribution < 1.29 is 9.50 Å². The van der Waals surface area contributed by atoms with Crippen LogP contribution in [-0.2, 0) is 6.54 Å². The third-order valence-corrected chi connectivity index (χ3v) is 6.16. The molecule has 1 aliphatic heterocycles. The van der Waals surface area contributed by atoms with Crippen molar-refractivity contribution in [3.8, 4) is 0 Å². The number of rotatable bonds is 2. The minimum absolute atomic E-state index is 0.0945. The number of aliphatic imine (C=N–C) groups is 1. The summed E-state index contributed by atoms with van der Waals surface area (Å²) in [6, 6.07) is 1.62. The van der Waals surface area contributed by atoms with Crippen molar-refractivity contribution in [3.05, 3.63) is 33.6 Å². The SMILES string of the molecule is OC(c1c(F)c(Cl)cc2c1CN=C2)C12CCC(CC1)CC2. The molecule has 5 rings (SSSR count). The van der Waals surface area contributed by atoms with Gasteiger partial charge in [0, 0.05) is 17.2 Å². The van der Waals surface area contributed by atoms with Crippen LogP contribution in [0, 0.1) is 17.2 Å². The largest absolute Gasteiger partial charge is 0.388 e. The summed E-state index contributed by atoms with van der Waals surface area (Å²) < 4.78 is 14.6. The molecule has 0 aromatic heterocycles. The first kappa shape index (κ1) is 13.7. The first-order valence-corrected chi connectivity index (χ1v) is 8.17. The Morgan fingerprint density at radius 3 is 2.62 bits per heavy atom. The lowest BCUT2D eigenvalue weighted by molar-refractivity contribution is -0.0575. The highest BCUT2D eigenvalue weighted by atomic mass is 35.5. The van der Waals surface area contributed by atoms with Crippen molar-refractivity contribution in [1.29, 1.82) is 0 Å². The molecule has 4 aliphatic rings. The van der Waals surface area contributed by atoms with E-state index in [-0.39, 0.29) is 10.4 Å². The molecule has 0 amide bonds. The van der Waals surface area contributed by atoms with Gasteiger partial charge in [-0.05, 0) is 61.6 Å². The van der Waals surface area contributed by atoms with Gasteiger partial charge in [0.25, 0.3) is 0 Å². The normalized spacial score (nSPS) is 31.5. The molecule has 0 spiro atoms. The van der Waals surface area contributed by atoms with E-state index in [0.29, 0.717) is 12.1 Å². The van der Waals surface area contributed by atoms with E-state index < -0.39 is 11.9 Å². The monoisotopic (exact) mass is 307 g/mol. The van der Waals surface area contributed by atoms with E-state index in [1.807, 2.05) is 0 Å². The van der Waals surface area contributed by atoms with Crippen LogP contribution in [0.25, 0.3) is 0 Å². The lowest BCUT2D eigenvalue weighted by Gasteiger charge is -2.49. The van der Waals surface area contributed by atoms with E-state index in [2.05, 4.69) is 4.99 Å². The Labute approximate surface area is 129 Å². The van der Waals surface area contributed by atoms with Crippen LogP contribution in [-0.4, -0.2) is 11.3 Å². The van der Waals surface area contributed by atoms with Crippen LogP contribution in [0.4, 0.5) is 4.39 Å². The smallest absolute Gasteiger partial charge is 0.147 e. The second-order valence-corrected chi connectivity index (χ2v) is 7.28. The highest BCUT2D eigenvalue weighted by Gasteiger charge is 2.47. The van der Waals surface area contributed by atoms with Gasteiger partial charge in [-0.2, -0.15) is 0 Å². The molecule has 3 fully saturated rings. The van der Waals surface area contributed by atoms with Gasteiger partial charge in [0.05, 0.1) is 17.7 Å². The summed E-state index contributed by atoms with van der Waals surface area (Å²) >= 11 is 6.03. The van der Waals surface area contributed by atoms with Gasteiger partial charge in [0.1, 0.15) is 5.82 Å². The Balaban J connectivity index is 1.80. The summed E-state index contributed by atoms with van der Waals surface area (Å²) in [5, 5.41) is 11.1. The fourth-order valence-corrected chi connectivity index (χ4v) is 4.73. The van der Waals surface area contributed by atoms with Gasteiger partial charge in [-0.3, -0.25) is 4.99 Å². The van der Waals surface area contributed by atoms with E-state index in [1.165, 1.54) is 0 Å². The highest BCUT2D eigenvalue weighted by Crippen LogP contribution is 2.57. The minimum atomic E-state index is -0.757. The van der Waals surface area contributed by atoms with E-state index in [0.717, 1.165) is 55.6 Å². The number of halogens is 2. The third kappa shape index (κ3) is 1.97. The predicted molar refractivity (Wildman–Crippen MR) is 81.3 cm³/mol. The summed E-state index contributed by atoms with van der Waals surface area (Å²) in [6.07, 6.45) is 7.47. The summed E-state index contributed by atoms with van der Waals surface area (Å²) in [6.45, 7) is 0.453. The summed E-state index contributed by atoms with van der Waals surface area (Å²) in [4.78, 5) is 4.22. The summed E-state index contributed by atoms with van der Waals surface area (Å²) in [5.74, 6) is 0.368. The van der Waals surface area contributed by atoms with Gasteiger partial charge in [-0.15, -0.1) is 0 Å². The zero-order valence-electron chi connectivity index (χ0n) is 11.9. The van der Waals surface area contributed by atoms with Gasteiger partial charge >= 0.3 is 0 Å². The van der Waals surface area contributed by atoms with Crippen molar-refractivity contribution in [3.63, 3.8) is 0 Å². The van der Waals surface area contributed by atoms with Crippen LogP contribution in [0.2, 0.25) is 5.02 Å². The molecule has 3 saturated carbocycles. The van der Waals surface area contributed by atoms with Crippen LogP contribution < -0.4 is 0 Å². The average Bonchev–Trinajstić information content (AvgIpc) is 2.97. The standard InChI is InChI=1S/C17H19ClFNO/c18-13-7-11-8-20-9-12(11)14(15(13)19)16(21)17-4-1-10(2-5-17)3-6-17/h7-8,10,16,21H,1-6,9H2. The van der Waals surface area contributed by atoms with E-state index in [4.69, 9.17) is 11.6 Å². The molecule has 1 aromatic rings. The molecule has 1 aromatic carbocycles. The molecule has 1 N–H and O–H groups in total. The van der Waals surface area contributed by atoms with Gasteiger partial charge in [-0.1, -0.05) is 11.6 Å². The maximum absolute atomic E-state index is 14.6. The number of aliphatic hydroxyl groups excluding tert-OH is 1. The maximum Gasteiger partial charge on any atom is 0.147 e. The summed E-state index contributed by atoms with van der Waals surface area (Å²) in [7, 11) is 0. The van der Waals surface area contributed by atoms with Gasteiger partial charge < -0.3 is 5.11 Å². The molecule has 112 valence electrons. The Morgan fingerprint density at radius 1 is 1.29 bits per heavy atom. The van der Waals surface area contributed by atoms with Crippen LogP contribution in [0.15, 0.2) is 11.1 Å². The molecule has 21 heavy (non-hydrogen) atoms. The minimum Gasteiger partial charge on any atom is -0.388 e. The number of hydrogen-bond acceptors (Lipinski definition) is 2. The second-order valence-electron chi connectivity index (χ2n) is 6.87. The van der Waals surface area contributed by atoms with E-state index >= 15 is 0 Å². The fourth-order valence-electron chi connectivity index (χ4n) is 4.51. The lowest BCUT2D eigenvalue weighted by atomic mass is 9.57. The first-order chi connectivity index (χ1) is 10.1. The van der Waals surface area contributed by atoms with Gasteiger partial charge in [-0.25, -0.2) is 4.39 Å². The molecule has 0 saturated heterocycles. The molecule has 2 nitrogen and oxygen atoms in total. The van der Waals surface area contributed by atoms with Crippen molar-refractivity contribution >= 4 is 17.8 Å². The van der Waals surface area contributed by atoms with E-state index in [1.54, 1.807) is 12.3 Å². The number of benzene rings is 1. The van der Waals surface area contributed by atoms with Crippen LogP contribution in [0.5, 0.6) is 0 Å². The lowest BCUT2D eigenvalue weighted by Crippen LogP contribution is -2.39. The Morgan fingerprint density at radius 2 is 1.95 bits per heavy atom. The molecular weight excluding hydrogens is 289 g/mol. The predicted octanol–water partition coefficient (Wildman–Crippen LogP) is 4.42. The second kappa shape index (κ2) is 4.79. The molecule has 1 atom stereocenters. The van der Waals surface area contributed by atoms with Crippen molar-refractivity contribution in [1.82, 2.24) is 0 Å². The Hall–Kier alpha value is -0.930. The molecular formula is C17H19ClFNO. The molecule has 0 radical (unpaired) electrons. The third-order valence-electron chi connectivity index (χ3n) is 5.89. The fraction of sp³-hybridized carbons (Fsp3) is 0.588. The Kier molecular flexibility index (Phi) is 3.13. The Bertz CT molecular complexity index is 606. The maximum atomic E-state index is 14.6. The first-order valence-electron chi connectivity index (χ1n) is 7.79. The molecule has 1 heterocycles. The van der Waals surface area contributed by atoms with Gasteiger partial charge in [0.15, 0.2) is 0 Å².